The first kappa shape index (κ1) is 15.0. The van der Waals surface area contributed by atoms with Crippen molar-refractivity contribution in [3.8, 4) is 0 Å². The van der Waals surface area contributed by atoms with Gasteiger partial charge in [0.2, 0.25) is 11.1 Å². The van der Waals surface area contributed by atoms with E-state index in [9.17, 15) is 4.79 Å². The van der Waals surface area contributed by atoms with Crippen LogP contribution >= 0.6 is 11.8 Å². The Morgan fingerprint density at radius 2 is 2.32 bits per heavy atom. The van der Waals surface area contributed by atoms with E-state index in [-0.39, 0.29) is 11.9 Å². The van der Waals surface area contributed by atoms with Gasteiger partial charge in [0.25, 0.3) is 0 Å². The average Bonchev–Trinajstić information content (AvgIpc) is 2.93. The normalized spacial score (nSPS) is 17.0. The molecule has 0 saturated heterocycles. The predicted molar refractivity (Wildman–Crippen MR) is 84.4 cm³/mol. The lowest BCUT2D eigenvalue weighted by molar-refractivity contribution is -0.121. The lowest BCUT2D eigenvalue weighted by atomic mass is 9.88. The molecule has 1 aromatic heterocycles. The number of amides is 1. The molecule has 0 spiro atoms. The van der Waals surface area contributed by atoms with Gasteiger partial charge < -0.3 is 5.32 Å². The zero-order chi connectivity index (χ0) is 15.4. The number of tetrazole rings is 1. The topological polar surface area (TPSA) is 72.7 Å². The third kappa shape index (κ3) is 3.47. The molecule has 3 rings (SSSR count). The highest BCUT2D eigenvalue weighted by molar-refractivity contribution is 7.99. The molecule has 22 heavy (non-hydrogen) atoms. The molecule has 1 amide bonds. The molecule has 0 fully saturated rings. The van der Waals surface area contributed by atoms with Gasteiger partial charge >= 0.3 is 0 Å². The second-order valence-corrected chi connectivity index (χ2v) is 6.46. The van der Waals surface area contributed by atoms with Crippen LogP contribution in [0, 0.1) is 0 Å². The molecule has 0 bridgehead atoms. The van der Waals surface area contributed by atoms with Crippen molar-refractivity contribution in [1.82, 2.24) is 25.5 Å². The number of benzene rings is 1. The maximum Gasteiger partial charge on any atom is 0.221 e. The van der Waals surface area contributed by atoms with E-state index in [4.69, 9.17) is 0 Å². The molecule has 7 heteroatoms. The number of thioether (sulfide) groups is 1. The largest absolute Gasteiger partial charge is 0.349 e. The van der Waals surface area contributed by atoms with Crippen LogP contribution in [0.1, 0.15) is 36.4 Å². The highest BCUT2D eigenvalue weighted by Crippen LogP contribution is 2.29. The van der Waals surface area contributed by atoms with Gasteiger partial charge in [0, 0.05) is 19.2 Å². The van der Waals surface area contributed by atoms with Crippen molar-refractivity contribution in [2.45, 2.75) is 36.9 Å². The van der Waals surface area contributed by atoms with Crippen LogP contribution in [0.2, 0.25) is 0 Å². The number of fused-ring (bicyclic) bond motifs is 1. The lowest BCUT2D eigenvalue weighted by Crippen LogP contribution is -2.31. The van der Waals surface area contributed by atoms with Gasteiger partial charge in [0.05, 0.1) is 6.04 Å². The Labute approximate surface area is 133 Å². The number of nitrogens with one attached hydrogen (secondary N) is 1. The number of carbonyl (C=O) groups excluding carboxylic acids is 1. The summed E-state index contributed by atoms with van der Waals surface area (Å²) in [6.45, 7) is 0. The third-order valence-electron chi connectivity index (χ3n) is 3.85. The minimum absolute atomic E-state index is 0.0873. The maximum atomic E-state index is 12.2. The van der Waals surface area contributed by atoms with Crippen LogP contribution in [-0.4, -0.2) is 31.9 Å². The Morgan fingerprint density at radius 1 is 1.45 bits per heavy atom. The molecule has 0 radical (unpaired) electrons. The van der Waals surface area contributed by atoms with Gasteiger partial charge in [-0.25, -0.2) is 4.68 Å². The molecule has 1 aromatic carbocycles. The molecule has 0 aliphatic heterocycles. The first-order valence-corrected chi connectivity index (χ1v) is 8.45. The zero-order valence-electron chi connectivity index (χ0n) is 12.5. The second-order valence-electron chi connectivity index (χ2n) is 5.39. The molecule has 1 N–H and O–H groups in total. The molecule has 0 saturated carbocycles. The number of carbonyl (C=O) groups is 1. The smallest absolute Gasteiger partial charge is 0.221 e. The monoisotopic (exact) mass is 317 g/mol. The quantitative estimate of drug-likeness (QED) is 0.853. The standard InChI is InChI=1S/C15H19N5OS/c1-20-15(17-18-19-20)22-10-9-14(21)16-13-8-4-6-11-5-2-3-7-12(11)13/h2-3,5,7,13H,4,6,8-10H2,1H3,(H,16,21). The van der Waals surface area contributed by atoms with E-state index in [1.54, 1.807) is 11.7 Å². The van der Waals surface area contributed by atoms with Crippen molar-refractivity contribution in [3.05, 3.63) is 35.4 Å². The van der Waals surface area contributed by atoms with Crippen LogP contribution in [0.15, 0.2) is 29.4 Å². The van der Waals surface area contributed by atoms with Crippen LogP contribution in [0.5, 0.6) is 0 Å². The predicted octanol–water partition coefficient (Wildman–Crippen LogP) is 1.89. The number of hydrogen-bond donors (Lipinski definition) is 1. The zero-order valence-corrected chi connectivity index (χ0v) is 13.3. The summed E-state index contributed by atoms with van der Waals surface area (Å²) in [6.07, 6.45) is 3.72. The minimum Gasteiger partial charge on any atom is -0.349 e. The summed E-state index contributed by atoms with van der Waals surface area (Å²) >= 11 is 1.50. The summed E-state index contributed by atoms with van der Waals surface area (Å²) in [6, 6.07) is 8.54. The first-order chi connectivity index (χ1) is 10.7. The Balaban J connectivity index is 1.51. The third-order valence-corrected chi connectivity index (χ3v) is 4.86. The molecule has 1 unspecified atom stereocenters. The number of nitrogens with zero attached hydrogens (tertiary/aromatic N) is 4. The summed E-state index contributed by atoms with van der Waals surface area (Å²) in [4.78, 5) is 12.2. The van der Waals surface area contributed by atoms with Crippen molar-refractivity contribution >= 4 is 17.7 Å². The molecule has 116 valence electrons. The first-order valence-electron chi connectivity index (χ1n) is 7.46. The van der Waals surface area contributed by atoms with Crippen molar-refractivity contribution in [2.75, 3.05) is 5.75 Å². The SMILES string of the molecule is Cn1nnnc1SCCC(=O)NC1CCCc2ccccc21. The van der Waals surface area contributed by atoms with Crippen molar-refractivity contribution < 1.29 is 4.79 Å². The van der Waals surface area contributed by atoms with Gasteiger partial charge in [-0.3, -0.25) is 4.79 Å². The lowest BCUT2D eigenvalue weighted by Gasteiger charge is -2.26. The molecular formula is C15H19N5OS. The van der Waals surface area contributed by atoms with Crippen molar-refractivity contribution in [3.63, 3.8) is 0 Å². The molecule has 1 aliphatic rings. The Kier molecular flexibility index (Phi) is 4.72. The average molecular weight is 317 g/mol. The molecule has 1 atom stereocenters. The van der Waals surface area contributed by atoms with E-state index >= 15 is 0 Å². The van der Waals surface area contributed by atoms with Gasteiger partial charge in [-0.05, 0) is 40.8 Å². The van der Waals surface area contributed by atoms with E-state index in [0.717, 1.165) is 24.4 Å². The molecule has 1 aliphatic carbocycles. The molecule has 6 nitrogen and oxygen atoms in total. The summed E-state index contributed by atoms with van der Waals surface area (Å²) in [5.74, 6) is 0.762. The highest BCUT2D eigenvalue weighted by atomic mass is 32.2. The number of aryl methyl sites for hydroxylation is 2. The molecule has 1 heterocycles. The molecule has 2 aromatic rings. The van der Waals surface area contributed by atoms with Gasteiger partial charge in [0.15, 0.2) is 0 Å². The Hall–Kier alpha value is -1.89. The Morgan fingerprint density at radius 3 is 3.14 bits per heavy atom. The van der Waals surface area contributed by atoms with E-state index in [1.165, 1.54) is 22.9 Å². The van der Waals surface area contributed by atoms with Gasteiger partial charge in [-0.1, -0.05) is 36.0 Å². The number of rotatable bonds is 5. The minimum atomic E-state index is 0.0873. The highest BCUT2D eigenvalue weighted by Gasteiger charge is 2.21. The number of hydrogen-bond acceptors (Lipinski definition) is 5. The number of aromatic nitrogens is 4. The van der Waals surface area contributed by atoms with Crippen LogP contribution in [-0.2, 0) is 18.3 Å². The van der Waals surface area contributed by atoms with Gasteiger partial charge in [-0.2, -0.15) is 0 Å². The second kappa shape index (κ2) is 6.91. The van der Waals surface area contributed by atoms with E-state index in [2.05, 4.69) is 39.0 Å². The van der Waals surface area contributed by atoms with Gasteiger partial charge in [0.1, 0.15) is 0 Å². The summed E-state index contributed by atoms with van der Waals surface area (Å²) in [5, 5.41) is 15.1. The fraction of sp³-hybridized carbons (Fsp3) is 0.467. The Bertz CT molecular complexity index is 657. The van der Waals surface area contributed by atoms with Crippen molar-refractivity contribution in [2.24, 2.45) is 7.05 Å². The van der Waals surface area contributed by atoms with E-state index in [1.807, 2.05) is 6.07 Å². The van der Waals surface area contributed by atoms with Crippen LogP contribution in [0.3, 0.4) is 0 Å². The summed E-state index contributed by atoms with van der Waals surface area (Å²) in [5.41, 5.74) is 2.63. The summed E-state index contributed by atoms with van der Waals surface area (Å²) in [7, 11) is 1.79. The maximum absolute atomic E-state index is 12.2. The van der Waals surface area contributed by atoms with Crippen LogP contribution in [0.25, 0.3) is 0 Å². The fourth-order valence-corrected chi connectivity index (χ4v) is 3.54. The van der Waals surface area contributed by atoms with E-state index in [0.29, 0.717) is 12.2 Å². The summed E-state index contributed by atoms with van der Waals surface area (Å²) < 4.78 is 1.61. The van der Waals surface area contributed by atoms with Crippen LogP contribution < -0.4 is 5.32 Å². The van der Waals surface area contributed by atoms with Crippen LogP contribution in [0.4, 0.5) is 0 Å². The fourth-order valence-electron chi connectivity index (χ4n) is 2.75. The van der Waals surface area contributed by atoms with E-state index < -0.39 is 0 Å². The van der Waals surface area contributed by atoms with Gasteiger partial charge in [-0.15, -0.1) is 5.10 Å². The molecular weight excluding hydrogens is 298 g/mol. The van der Waals surface area contributed by atoms with Crippen molar-refractivity contribution in [1.29, 1.82) is 0 Å².